The lowest BCUT2D eigenvalue weighted by Gasteiger charge is -2.24. The number of rotatable bonds is 10. The van der Waals surface area contributed by atoms with Gasteiger partial charge in [0.05, 0.1) is 37.9 Å². The number of carbonyl (C=O) groups is 1. The molecule has 0 spiro atoms. The predicted octanol–water partition coefficient (Wildman–Crippen LogP) is 4.20. The van der Waals surface area contributed by atoms with Crippen LogP contribution in [0.3, 0.4) is 0 Å². The Balaban J connectivity index is 2.08. The van der Waals surface area contributed by atoms with Crippen LogP contribution in [-0.4, -0.2) is 35.3 Å². The Hall–Kier alpha value is -3.17. The first-order chi connectivity index (χ1) is 16.4. The highest BCUT2D eigenvalue weighted by Crippen LogP contribution is 2.39. The highest BCUT2D eigenvalue weighted by Gasteiger charge is 2.30. The minimum Gasteiger partial charge on any atom is -0.493 e. The molecule has 0 bridgehead atoms. The van der Waals surface area contributed by atoms with E-state index >= 15 is 0 Å². The topological polar surface area (TPSA) is 128 Å². The number of ether oxygens (including phenoxy) is 3. The fourth-order valence-electron chi connectivity index (χ4n) is 4.49. The van der Waals surface area contributed by atoms with Crippen LogP contribution in [0.2, 0.25) is 0 Å². The van der Waals surface area contributed by atoms with Crippen LogP contribution in [0.25, 0.3) is 0 Å². The van der Waals surface area contributed by atoms with E-state index < -0.39 is 30.2 Å². The molecule has 0 heterocycles. The van der Waals surface area contributed by atoms with Gasteiger partial charge in [-0.3, -0.25) is 14.9 Å². The quantitative estimate of drug-likeness (QED) is 0.298. The van der Waals surface area contributed by atoms with Gasteiger partial charge in [-0.15, -0.1) is 0 Å². The number of carbonyl (C=O) groups excluding carboxylic acids is 1. The second-order valence-corrected chi connectivity index (χ2v) is 8.45. The molecule has 34 heavy (non-hydrogen) atoms. The van der Waals surface area contributed by atoms with Gasteiger partial charge in [0, 0.05) is 18.1 Å². The predicted molar refractivity (Wildman–Crippen MR) is 124 cm³/mol. The van der Waals surface area contributed by atoms with Crippen molar-refractivity contribution in [3.05, 3.63) is 62.7 Å². The summed E-state index contributed by atoms with van der Waals surface area (Å²) < 4.78 is 16.5. The van der Waals surface area contributed by atoms with Crippen molar-refractivity contribution < 1.29 is 34.1 Å². The van der Waals surface area contributed by atoms with E-state index in [0.29, 0.717) is 22.6 Å². The maximum absolute atomic E-state index is 13.0. The Labute approximate surface area is 198 Å². The van der Waals surface area contributed by atoms with Crippen LogP contribution < -0.4 is 9.47 Å². The summed E-state index contributed by atoms with van der Waals surface area (Å²) in [5.41, 5.74) is 0.801. The third-order valence-electron chi connectivity index (χ3n) is 6.31. The fraction of sp³-hybridized carbons (Fsp3) is 0.480. The maximum atomic E-state index is 13.0. The highest BCUT2D eigenvalue weighted by molar-refractivity contribution is 5.71. The Morgan fingerprint density at radius 3 is 2.26 bits per heavy atom. The molecule has 1 aliphatic carbocycles. The van der Waals surface area contributed by atoms with Crippen LogP contribution in [-0.2, 0) is 22.7 Å². The van der Waals surface area contributed by atoms with Crippen LogP contribution in [0.4, 0.5) is 5.69 Å². The first kappa shape index (κ1) is 25.5. The largest absolute Gasteiger partial charge is 0.493 e. The van der Waals surface area contributed by atoms with E-state index in [0.717, 1.165) is 32.1 Å². The average molecular weight is 474 g/mol. The molecule has 2 aromatic carbocycles. The van der Waals surface area contributed by atoms with Crippen molar-refractivity contribution in [2.75, 3.05) is 14.2 Å². The molecule has 9 heteroatoms. The minimum atomic E-state index is -1.12. The summed E-state index contributed by atoms with van der Waals surface area (Å²) in [7, 11) is 2.96. The van der Waals surface area contributed by atoms with E-state index in [1.807, 2.05) is 0 Å². The third kappa shape index (κ3) is 5.84. The van der Waals surface area contributed by atoms with Crippen LogP contribution in [0.15, 0.2) is 30.3 Å². The first-order valence-electron chi connectivity index (χ1n) is 11.3. The number of nitrogens with zero attached hydrogens (tertiary/aromatic N) is 1. The molecule has 0 radical (unpaired) electrons. The number of hydrogen-bond donors (Lipinski definition) is 2. The number of methoxy groups -OCH3 is 2. The molecule has 1 unspecified atom stereocenters. The van der Waals surface area contributed by atoms with Crippen molar-refractivity contribution in [1.29, 1.82) is 0 Å². The molecule has 3 rings (SSSR count). The number of aliphatic hydroxyl groups is 2. The number of aliphatic hydroxyl groups excluding tert-OH is 2. The smallest absolute Gasteiger partial charge is 0.307 e. The molecule has 1 fully saturated rings. The van der Waals surface area contributed by atoms with E-state index in [1.54, 1.807) is 18.2 Å². The van der Waals surface area contributed by atoms with Crippen LogP contribution in [0, 0.1) is 16.0 Å². The van der Waals surface area contributed by atoms with E-state index in [-0.39, 0.29) is 29.2 Å². The summed E-state index contributed by atoms with van der Waals surface area (Å²) in [4.78, 5) is 24.3. The second kappa shape index (κ2) is 11.8. The lowest BCUT2D eigenvalue weighted by atomic mass is 9.87. The summed E-state index contributed by atoms with van der Waals surface area (Å²) >= 11 is 0. The molecule has 1 saturated carbocycles. The standard InChI is InChI=1S/C25H31NO8/c1-32-22-9-8-17(13-23(22)33-2)25(34-24(29)10-16-6-4-3-5-7-16)20-11-18(14-27)19(15-28)12-21(20)26(30)31/h8-9,11-13,16,25,27-28H,3-7,10,14-15H2,1-2H3. The van der Waals surface area contributed by atoms with E-state index in [1.165, 1.54) is 26.4 Å². The van der Waals surface area contributed by atoms with Gasteiger partial charge < -0.3 is 24.4 Å². The van der Waals surface area contributed by atoms with Gasteiger partial charge in [0.25, 0.3) is 5.69 Å². The number of benzene rings is 2. The number of hydrogen-bond acceptors (Lipinski definition) is 8. The number of nitro benzene ring substituents is 1. The Bertz CT molecular complexity index is 1020. The lowest BCUT2D eigenvalue weighted by molar-refractivity contribution is -0.386. The normalized spacial score (nSPS) is 14.9. The lowest BCUT2D eigenvalue weighted by Crippen LogP contribution is -2.19. The monoisotopic (exact) mass is 473 g/mol. The van der Waals surface area contributed by atoms with Crippen molar-refractivity contribution in [2.24, 2.45) is 5.92 Å². The third-order valence-corrected chi connectivity index (χ3v) is 6.31. The Morgan fingerprint density at radius 2 is 1.68 bits per heavy atom. The molecular weight excluding hydrogens is 442 g/mol. The van der Waals surface area contributed by atoms with Gasteiger partial charge in [0.2, 0.25) is 0 Å². The average Bonchev–Trinajstić information content (AvgIpc) is 2.86. The van der Waals surface area contributed by atoms with Crippen LogP contribution >= 0.6 is 0 Å². The zero-order valence-corrected chi connectivity index (χ0v) is 19.5. The highest BCUT2D eigenvalue weighted by atomic mass is 16.6. The molecule has 184 valence electrons. The van der Waals surface area contributed by atoms with Gasteiger partial charge in [-0.05, 0) is 48.1 Å². The molecule has 9 nitrogen and oxygen atoms in total. The van der Waals surface area contributed by atoms with Crippen molar-refractivity contribution in [3.63, 3.8) is 0 Å². The van der Waals surface area contributed by atoms with Gasteiger partial charge in [-0.25, -0.2) is 0 Å². The van der Waals surface area contributed by atoms with Crippen molar-refractivity contribution in [1.82, 2.24) is 0 Å². The van der Waals surface area contributed by atoms with Crippen LogP contribution in [0.1, 0.15) is 66.9 Å². The van der Waals surface area contributed by atoms with Gasteiger partial charge in [-0.2, -0.15) is 0 Å². The van der Waals surface area contributed by atoms with Crippen molar-refractivity contribution in [2.45, 2.75) is 57.8 Å². The second-order valence-electron chi connectivity index (χ2n) is 8.45. The van der Waals surface area contributed by atoms with Gasteiger partial charge in [-0.1, -0.05) is 25.3 Å². The molecule has 1 atom stereocenters. The molecule has 0 aromatic heterocycles. The molecule has 0 amide bonds. The summed E-state index contributed by atoms with van der Waals surface area (Å²) in [5.74, 6) is 0.620. The zero-order valence-electron chi connectivity index (χ0n) is 19.5. The fourth-order valence-corrected chi connectivity index (χ4v) is 4.49. The Kier molecular flexibility index (Phi) is 8.84. The van der Waals surface area contributed by atoms with E-state index in [2.05, 4.69) is 0 Å². The first-order valence-corrected chi connectivity index (χ1v) is 11.3. The number of esters is 1. The van der Waals surface area contributed by atoms with Crippen LogP contribution in [0.5, 0.6) is 11.5 Å². The maximum Gasteiger partial charge on any atom is 0.307 e. The zero-order chi connectivity index (χ0) is 24.7. The SMILES string of the molecule is COc1ccc(C(OC(=O)CC2CCCCC2)c2cc(CO)c(CO)cc2[N+](=O)[O-])cc1OC. The molecule has 0 aliphatic heterocycles. The van der Waals surface area contributed by atoms with Crippen molar-refractivity contribution in [3.8, 4) is 11.5 Å². The van der Waals surface area contributed by atoms with E-state index in [4.69, 9.17) is 14.2 Å². The molecular formula is C25H31NO8. The van der Waals surface area contributed by atoms with Crippen molar-refractivity contribution >= 4 is 11.7 Å². The van der Waals surface area contributed by atoms with Gasteiger partial charge in [0.15, 0.2) is 17.6 Å². The molecule has 0 saturated heterocycles. The minimum absolute atomic E-state index is 0.107. The molecule has 1 aliphatic rings. The van der Waals surface area contributed by atoms with Gasteiger partial charge >= 0.3 is 5.97 Å². The molecule has 2 N–H and O–H groups in total. The molecule has 2 aromatic rings. The van der Waals surface area contributed by atoms with E-state index in [9.17, 15) is 25.1 Å². The summed E-state index contributed by atoms with van der Waals surface area (Å²) in [6.07, 6.45) is 4.34. The summed E-state index contributed by atoms with van der Waals surface area (Å²) in [6, 6.07) is 7.53. The summed E-state index contributed by atoms with van der Waals surface area (Å²) in [5, 5.41) is 31.3. The van der Waals surface area contributed by atoms with Gasteiger partial charge in [0.1, 0.15) is 0 Å². The summed E-state index contributed by atoms with van der Waals surface area (Å²) in [6.45, 7) is -0.908. The Morgan fingerprint density at radius 1 is 1.03 bits per heavy atom. The number of nitro groups is 1.